The Morgan fingerprint density at radius 1 is 1.82 bits per heavy atom. The van der Waals surface area contributed by atoms with Crippen molar-refractivity contribution in [1.82, 2.24) is 4.98 Å². The van der Waals surface area contributed by atoms with Crippen LogP contribution < -0.4 is 0 Å². The van der Waals surface area contributed by atoms with Crippen molar-refractivity contribution in [2.75, 3.05) is 0 Å². The molecule has 0 radical (unpaired) electrons. The highest BCUT2D eigenvalue weighted by atomic mass is 32.1. The highest BCUT2D eigenvalue weighted by molar-refractivity contribution is 7.09. The standard InChI is InChI=1S/C6H6N2O2S/c1-5-7-6(4-11-5)2-3-8(9)10/h2-4H,1H3/b3-2+. The summed E-state index contributed by atoms with van der Waals surface area (Å²) in [5.74, 6) is 0. The van der Waals surface area contributed by atoms with Gasteiger partial charge in [-0.3, -0.25) is 10.1 Å². The molecule has 0 saturated carbocycles. The minimum Gasteiger partial charge on any atom is -0.259 e. The van der Waals surface area contributed by atoms with Gasteiger partial charge in [-0.05, 0) is 6.92 Å². The van der Waals surface area contributed by atoms with E-state index in [4.69, 9.17) is 0 Å². The minimum absolute atomic E-state index is 0.505. The molecule has 5 heteroatoms. The lowest BCUT2D eigenvalue weighted by molar-refractivity contribution is -0.401. The quantitative estimate of drug-likeness (QED) is 0.501. The molecule has 11 heavy (non-hydrogen) atoms. The molecule has 1 aromatic heterocycles. The van der Waals surface area contributed by atoms with E-state index in [0.29, 0.717) is 5.69 Å². The first kappa shape index (κ1) is 7.87. The van der Waals surface area contributed by atoms with Crippen LogP contribution >= 0.6 is 11.3 Å². The van der Waals surface area contributed by atoms with Gasteiger partial charge in [0.15, 0.2) is 0 Å². The van der Waals surface area contributed by atoms with Gasteiger partial charge in [-0.2, -0.15) is 0 Å². The van der Waals surface area contributed by atoms with Gasteiger partial charge in [0.25, 0.3) is 0 Å². The maximum Gasteiger partial charge on any atom is 0.236 e. The van der Waals surface area contributed by atoms with Crippen LogP contribution in [0.15, 0.2) is 11.6 Å². The zero-order valence-corrected chi connectivity index (χ0v) is 6.67. The van der Waals surface area contributed by atoms with E-state index in [-0.39, 0.29) is 0 Å². The van der Waals surface area contributed by atoms with Crippen LogP contribution in [-0.2, 0) is 0 Å². The number of nitrogens with zero attached hydrogens (tertiary/aromatic N) is 2. The van der Waals surface area contributed by atoms with Crippen LogP contribution in [0.5, 0.6) is 0 Å². The van der Waals surface area contributed by atoms with E-state index in [1.165, 1.54) is 17.4 Å². The van der Waals surface area contributed by atoms with Gasteiger partial charge in [0.2, 0.25) is 6.20 Å². The van der Waals surface area contributed by atoms with Crippen molar-refractivity contribution in [2.24, 2.45) is 0 Å². The fraction of sp³-hybridized carbons (Fsp3) is 0.167. The Bertz CT molecular complexity index is 293. The predicted octanol–water partition coefficient (Wildman–Crippen LogP) is 1.70. The summed E-state index contributed by atoms with van der Waals surface area (Å²) in [6.45, 7) is 1.86. The summed E-state index contributed by atoms with van der Waals surface area (Å²) in [6, 6.07) is 0. The zero-order chi connectivity index (χ0) is 8.27. The number of aryl methyl sites for hydroxylation is 1. The second kappa shape index (κ2) is 3.25. The average molecular weight is 170 g/mol. The van der Waals surface area contributed by atoms with Crippen molar-refractivity contribution in [2.45, 2.75) is 6.92 Å². The van der Waals surface area contributed by atoms with Crippen molar-refractivity contribution >= 4 is 17.4 Å². The van der Waals surface area contributed by atoms with Gasteiger partial charge in [0.05, 0.1) is 15.6 Å². The van der Waals surface area contributed by atoms with E-state index in [9.17, 15) is 10.1 Å². The molecule has 1 rings (SSSR count). The highest BCUT2D eigenvalue weighted by Crippen LogP contribution is 2.08. The van der Waals surface area contributed by atoms with Crippen LogP contribution in [0.3, 0.4) is 0 Å². The molecule has 0 aliphatic rings. The molecule has 1 heterocycles. The van der Waals surface area contributed by atoms with Gasteiger partial charge in [0, 0.05) is 11.5 Å². The van der Waals surface area contributed by atoms with E-state index in [1.54, 1.807) is 5.38 Å². The lowest BCUT2D eigenvalue weighted by atomic mass is 10.5. The first-order valence-corrected chi connectivity index (χ1v) is 3.80. The molecule has 0 atom stereocenters. The van der Waals surface area contributed by atoms with Crippen LogP contribution in [0.2, 0.25) is 0 Å². The molecule has 0 amide bonds. The van der Waals surface area contributed by atoms with Gasteiger partial charge < -0.3 is 0 Å². The summed E-state index contributed by atoms with van der Waals surface area (Å²) in [7, 11) is 0. The Balaban J connectivity index is 2.71. The van der Waals surface area contributed by atoms with Crippen LogP contribution in [0, 0.1) is 17.0 Å². The van der Waals surface area contributed by atoms with Crippen LogP contribution in [0.4, 0.5) is 0 Å². The number of aromatic nitrogens is 1. The van der Waals surface area contributed by atoms with E-state index in [1.807, 2.05) is 6.92 Å². The number of thiazole rings is 1. The Hall–Kier alpha value is -1.23. The Kier molecular flexibility index (Phi) is 2.32. The van der Waals surface area contributed by atoms with E-state index < -0.39 is 4.92 Å². The van der Waals surface area contributed by atoms with Crippen molar-refractivity contribution in [1.29, 1.82) is 0 Å². The summed E-state index contributed by atoms with van der Waals surface area (Å²) in [6.07, 6.45) is 2.26. The molecule has 0 saturated heterocycles. The molecular formula is C6H6N2O2S. The van der Waals surface area contributed by atoms with Crippen molar-refractivity contribution < 1.29 is 4.92 Å². The molecule has 4 nitrogen and oxygen atoms in total. The number of hydrogen-bond acceptors (Lipinski definition) is 4. The van der Waals surface area contributed by atoms with Gasteiger partial charge in [0.1, 0.15) is 0 Å². The van der Waals surface area contributed by atoms with Crippen LogP contribution in [0.25, 0.3) is 6.08 Å². The first-order chi connectivity index (χ1) is 5.18. The monoisotopic (exact) mass is 170 g/mol. The van der Waals surface area contributed by atoms with Crippen LogP contribution in [-0.4, -0.2) is 9.91 Å². The fourth-order valence-corrected chi connectivity index (χ4v) is 1.17. The van der Waals surface area contributed by atoms with Gasteiger partial charge in [-0.1, -0.05) is 0 Å². The van der Waals surface area contributed by atoms with Gasteiger partial charge in [-0.15, -0.1) is 11.3 Å². The third kappa shape index (κ3) is 2.46. The molecule has 0 aliphatic carbocycles. The van der Waals surface area contributed by atoms with Crippen molar-refractivity contribution in [3.05, 3.63) is 32.4 Å². The van der Waals surface area contributed by atoms with Crippen LogP contribution in [0.1, 0.15) is 10.7 Å². The predicted molar refractivity (Wildman–Crippen MR) is 42.9 cm³/mol. The minimum atomic E-state index is -0.505. The average Bonchev–Trinajstić information content (AvgIpc) is 2.31. The van der Waals surface area contributed by atoms with E-state index in [2.05, 4.69) is 4.98 Å². The van der Waals surface area contributed by atoms with Gasteiger partial charge >= 0.3 is 0 Å². The molecule has 0 aliphatic heterocycles. The summed E-state index contributed by atoms with van der Waals surface area (Å²) in [5, 5.41) is 12.6. The summed E-state index contributed by atoms with van der Waals surface area (Å²) in [5.41, 5.74) is 0.643. The lowest BCUT2D eigenvalue weighted by Crippen LogP contribution is -1.82. The summed E-state index contributed by atoms with van der Waals surface area (Å²) in [4.78, 5) is 13.4. The largest absolute Gasteiger partial charge is 0.259 e. The molecule has 58 valence electrons. The maximum absolute atomic E-state index is 9.87. The molecule has 1 aromatic rings. The molecule has 0 unspecified atom stereocenters. The fourth-order valence-electron chi connectivity index (χ4n) is 0.594. The van der Waals surface area contributed by atoms with Gasteiger partial charge in [-0.25, -0.2) is 4.98 Å². The topological polar surface area (TPSA) is 56.0 Å². The Labute approximate surface area is 67.3 Å². The van der Waals surface area contributed by atoms with Crippen molar-refractivity contribution in [3.63, 3.8) is 0 Å². The van der Waals surface area contributed by atoms with Crippen molar-refractivity contribution in [3.8, 4) is 0 Å². The third-order valence-electron chi connectivity index (χ3n) is 1.00. The SMILES string of the molecule is Cc1nc(/C=C/[N+](=O)[O-])cs1. The second-order valence-electron chi connectivity index (χ2n) is 1.89. The number of rotatable bonds is 2. The molecule has 0 N–H and O–H groups in total. The summed E-state index contributed by atoms with van der Waals surface area (Å²) < 4.78 is 0. The molecule has 0 spiro atoms. The zero-order valence-electron chi connectivity index (χ0n) is 5.85. The van der Waals surface area contributed by atoms with E-state index >= 15 is 0 Å². The molecular weight excluding hydrogens is 164 g/mol. The molecule has 0 bridgehead atoms. The Morgan fingerprint density at radius 3 is 3.00 bits per heavy atom. The van der Waals surface area contributed by atoms with E-state index in [0.717, 1.165) is 11.2 Å². The number of nitro groups is 1. The first-order valence-electron chi connectivity index (χ1n) is 2.92. The smallest absolute Gasteiger partial charge is 0.236 e. The summed E-state index contributed by atoms with van der Waals surface area (Å²) >= 11 is 1.47. The highest BCUT2D eigenvalue weighted by Gasteiger charge is 1.94. The normalized spacial score (nSPS) is 10.6. The molecule has 0 fully saturated rings. The number of hydrogen-bond donors (Lipinski definition) is 0. The Morgan fingerprint density at radius 2 is 2.55 bits per heavy atom. The third-order valence-corrected chi connectivity index (χ3v) is 1.80. The second-order valence-corrected chi connectivity index (χ2v) is 2.95. The molecule has 0 aromatic carbocycles. The lowest BCUT2D eigenvalue weighted by Gasteiger charge is -1.78. The maximum atomic E-state index is 9.87.